The minimum absolute atomic E-state index is 0.555. The first kappa shape index (κ1) is 9.48. The van der Waals surface area contributed by atoms with E-state index in [1.165, 1.54) is 11.6 Å². The fraction of sp³-hybridized carbons (Fsp3) is 0.100. The van der Waals surface area contributed by atoms with Gasteiger partial charge in [-0.25, -0.2) is 4.79 Å². The van der Waals surface area contributed by atoms with Crippen LogP contribution in [0.4, 0.5) is 0 Å². The summed E-state index contributed by atoms with van der Waals surface area (Å²) in [5.41, 5.74) is 2.12. The third-order valence-electron chi connectivity index (χ3n) is 1.61. The van der Waals surface area contributed by atoms with Gasteiger partial charge in [0.1, 0.15) is 0 Å². The summed E-state index contributed by atoms with van der Waals surface area (Å²) < 4.78 is 0. The Kier molecular flexibility index (Phi) is 3.23. The van der Waals surface area contributed by atoms with Crippen LogP contribution in [-0.4, -0.2) is 5.97 Å². The summed E-state index contributed by atoms with van der Waals surface area (Å²) >= 11 is 0. The van der Waals surface area contributed by atoms with Gasteiger partial charge in [-0.1, -0.05) is 29.8 Å². The van der Waals surface area contributed by atoms with Crippen molar-refractivity contribution in [1.82, 2.24) is 0 Å². The first-order valence-electron chi connectivity index (χ1n) is 3.88. The van der Waals surface area contributed by atoms with E-state index >= 15 is 0 Å². The van der Waals surface area contributed by atoms with Crippen molar-refractivity contribution >= 4 is 12.0 Å². The van der Waals surface area contributed by atoms with Crippen molar-refractivity contribution in [3.8, 4) is 0 Å². The van der Waals surface area contributed by atoms with Crippen LogP contribution in [0, 0.1) is 6.92 Å². The van der Waals surface area contributed by atoms with E-state index in [1.54, 1.807) is 6.08 Å². The predicted molar refractivity (Wildman–Crippen MR) is 50.5 cm³/mol. The Morgan fingerprint density at radius 3 is 2.54 bits per heavy atom. The van der Waals surface area contributed by atoms with Crippen LogP contribution in [0.1, 0.15) is 11.1 Å². The maximum Gasteiger partial charge on any atom is 0.349 e. The average Bonchev–Trinajstić information content (AvgIpc) is 2.16. The highest BCUT2D eigenvalue weighted by Gasteiger charge is 1.91. The van der Waals surface area contributed by atoms with Gasteiger partial charge in [0.25, 0.3) is 0 Å². The fourth-order valence-electron chi connectivity index (χ4n) is 0.881. The molecule has 0 spiro atoms. The largest absolute Gasteiger partial charge is 0.370 e. The maximum absolute atomic E-state index is 10.6. The van der Waals surface area contributed by atoms with Crippen LogP contribution in [0.3, 0.4) is 0 Å². The topological polar surface area (TPSA) is 52.3 Å². The summed E-state index contributed by atoms with van der Waals surface area (Å²) in [6.45, 7) is 2.00. The van der Waals surface area contributed by atoms with Crippen molar-refractivity contribution in [3.05, 3.63) is 41.5 Å². The van der Waals surface area contributed by atoms with Crippen LogP contribution in [-0.2, 0) is 9.63 Å². The van der Waals surface area contributed by atoms with Crippen LogP contribution < -0.4 is 5.90 Å². The number of nitrogens with two attached hydrogens (primary N) is 1. The van der Waals surface area contributed by atoms with Gasteiger partial charge in [-0.2, -0.15) is 5.90 Å². The molecular formula is C10H11NO2. The Morgan fingerprint density at radius 1 is 1.38 bits per heavy atom. The maximum atomic E-state index is 10.6. The molecule has 68 valence electrons. The monoisotopic (exact) mass is 177 g/mol. The Bertz CT molecular complexity index is 314. The summed E-state index contributed by atoms with van der Waals surface area (Å²) in [4.78, 5) is 14.6. The Balaban J connectivity index is 2.69. The third-order valence-corrected chi connectivity index (χ3v) is 1.61. The van der Waals surface area contributed by atoms with E-state index in [9.17, 15) is 4.79 Å². The summed E-state index contributed by atoms with van der Waals surface area (Å²) in [5.74, 6) is 4.10. The number of hydrogen-bond donors (Lipinski definition) is 1. The zero-order valence-electron chi connectivity index (χ0n) is 7.36. The Hall–Kier alpha value is -1.61. The van der Waals surface area contributed by atoms with E-state index in [-0.39, 0.29) is 0 Å². The van der Waals surface area contributed by atoms with Gasteiger partial charge in [-0.05, 0) is 18.6 Å². The van der Waals surface area contributed by atoms with Crippen LogP contribution in [0.15, 0.2) is 30.3 Å². The normalized spacial score (nSPS) is 10.3. The molecule has 1 rings (SSSR count). The molecule has 2 N–H and O–H groups in total. The number of carbonyl (C=O) groups is 1. The number of rotatable bonds is 2. The summed E-state index contributed by atoms with van der Waals surface area (Å²) in [7, 11) is 0. The first-order chi connectivity index (χ1) is 6.22. The minimum Gasteiger partial charge on any atom is -0.370 e. The zero-order chi connectivity index (χ0) is 9.68. The van der Waals surface area contributed by atoms with E-state index in [0.717, 1.165) is 5.56 Å². The molecule has 3 heteroatoms. The molecule has 0 amide bonds. The van der Waals surface area contributed by atoms with Gasteiger partial charge in [0, 0.05) is 6.08 Å². The minimum atomic E-state index is -0.555. The molecule has 0 saturated heterocycles. The lowest BCUT2D eigenvalue weighted by molar-refractivity contribution is -0.138. The molecule has 1 aromatic rings. The predicted octanol–water partition coefficient (Wildman–Crippen LogP) is 1.43. The summed E-state index contributed by atoms with van der Waals surface area (Å²) in [6, 6.07) is 7.76. The van der Waals surface area contributed by atoms with Crippen LogP contribution >= 0.6 is 0 Å². The van der Waals surface area contributed by atoms with Gasteiger partial charge in [0.2, 0.25) is 0 Å². The van der Waals surface area contributed by atoms with Crippen molar-refractivity contribution in [2.45, 2.75) is 6.92 Å². The van der Waals surface area contributed by atoms with Crippen molar-refractivity contribution in [2.75, 3.05) is 0 Å². The van der Waals surface area contributed by atoms with Crippen LogP contribution in [0.2, 0.25) is 0 Å². The van der Waals surface area contributed by atoms with E-state index in [2.05, 4.69) is 10.7 Å². The van der Waals surface area contributed by atoms with Gasteiger partial charge in [-0.15, -0.1) is 0 Å². The molecule has 0 aliphatic rings. The van der Waals surface area contributed by atoms with Gasteiger partial charge in [0.15, 0.2) is 0 Å². The molecule has 0 aliphatic heterocycles. The highest BCUT2D eigenvalue weighted by Crippen LogP contribution is 2.04. The second-order valence-corrected chi connectivity index (χ2v) is 2.68. The zero-order valence-corrected chi connectivity index (χ0v) is 7.36. The summed E-state index contributed by atoms with van der Waals surface area (Å²) in [5, 5.41) is 0. The standard InChI is InChI=1S/C10H11NO2/c1-8-2-4-9(5-3-8)6-7-10(12)13-11/h2-7H,11H2,1H3/b7-6+. The number of hydrogen-bond acceptors (Lipinski definition) is 3. The summed E-state index contributed by atoms with van der Waals surface area (Å²) in [6.07, 6.45) is 2.93. The molecule has 0 atom stereocenters. The SMILES string of the molecule is Cc1ccc(/C=C/C(=O)ON)cc1. The van der Waals surface area contributed by atoms with Gasteiger partial charge in [-0.3, -0.25) is 0 Å². The second kappa shape index (κ2) is 4.42. The second-order valence-electron chi connectivity index (χ2n) is 2.68. The van der Waals surface area contributed by atoms with Crippen molar-refractivity contribution in [2.24, 2.45) is 5.90 Å². The lowest BCUT2D eigenvalue weighted by Gasteiger charge is -1.93. The lowest BCUT2D eigenvalue weighted by Crippen LogP contribution is -2.05. The van der Waals surface area contributed by atoms with E-state index in [0.29, 0.717) is 0 Å². The van der Waals surface area contributed by atoms with E-state index in [1.807, 2.05) is 31.2 Å². The highest BCUT2D eigenvalue weighted by molar-refractivity contribution is 5.86. The fourth-order valence-corrected chi connectivity index (χ4v) is 0.881. The van der Waals surface area contributed by atoms with Crippen molar-refractivity contribution in [1.29, 1.82) is 0 Å². The molecule has 0 aromatic heterocycles. The van der Waals surface area contributed by atoms with Crippen LogP contribution in [0.5, 0.6) is 0 Å². The number of benzene rings is 1. The quantitative estimate of drug-likeness (QED) is 0.549. The van der Waals surface area contributed by atoms with Gasteiger partial charge in [0.05, 0.1) is 0 Å². The highest BCUT2D eigenvalue weighted by atomic mass is 16.7. The number of aryl methyl sites for hydroxylation is 1. The average molecular weight is 177 g/mol. The molecule has 13 heavy (non-hydrogen) atoms. The molecule has 0 radical (unpaired) electrons. The molecule has 0 bridgehead atoms. The molecular weight excluding hydrogens is 166 g/mol. The Labute approximate surface area is 76.8 Å². The van der Waals surface area contributed by atoms with Gasteiger partial charge < -0.3 is 4.84 Å². The number of carbonyl (C=O) groups excluding carboxylic acids is 1. The molecule has 3 nitrogen and oxygen atoms in total. The molecule has 0 unspecified atom stereocenters. The smallest absolute Gasteiger partial charge is 0.349 e. The molecule has 1 aromatic carbocycles. The molecule has 0 saturated carbocycles. The van der Waals surface area contributed by atoms with E-state index < -0.39 is 5.97 Å². The van der Waals surface area contributed by atoms with Gasteiger partial charge >= 0.3 is 5.97 Å². The molecule has 0 heterocycles. The first-order valence-corrected chi connectivity index (χ1v) is 3.88. The van der Waals surface area contributed by atoms with E-state index in [4.69, 9.17) is 0 Å². The molecule has 0 aliphatic carbocycles. The van der Waals surface area contributed by atoms with Crippen molar-refractivity contribution in [3.63, 3.8) is 0 Å². The van der Waals surface area contributed by atoms with Crippen LogP contribution in [0.25, 0.3) is 6.08 Å². The third kappa shape index (κ3) is 3.09. The van der Waals surface area contributed by atoms with Crippen molar-refractivity contribution < 1.29 is 9.63 Å². The molecule has 0 fully saturated rings. The Morgan fingerprint density at radius 2 is 2.00 bits per heavy atom. The lowest BCUT2D eigenvalue weighted by atomic mass is 10.1.